The average Bonchev–Trinajstić information content (AvgIpc) is 2.09. The number of ether oxygens (including phenoxy) is 1. The number of aromatic nitrogens is 1. The second-order valence-corrected chi connectivity index (χ2v) is 3.60. The monoisotopic (exact) mass is 194 g/mol. The summed E-state index contributed by atoms with van der Waals surface area (Å²) in [7, 11) is 0. The molecule has 0 spiro atoms. The fourth-order valence-electron chi connectivity index (χ4n) is 1.27. The summed E-state index contributed by atoms with van der Waals surface area (Å²) in [5, 5.41) is 0. The van der Waals surface area contributed by atoms with E-state index < -0.39 is 0 Å². The molecular weight excluding hydrogens is 176 g/mol. The lowest BCUT2D eigenvalue weighted by Gasteiger charge is -2.13. The van der Waals surface area contributed by atoms with Gasteiger partial charge in [-0.15, -0.1) is 0 Å². The number of hydrogen-bond acceptors (Lipinski definition) is 3. The maximum absolute atomic E-state index is 5.63. The minimum atomic E-state index is 0.177. The first-order valence-electron chi connectivity index (χ1n) is 4.96. The number of pyridine rings is 1. The molecule has 0 aliphatic rings. The molecule has 1 rings (SSSR count). The predicted molar refractivity (Wildman–Crippen MR) is 57.5 cm³/mol. The molecule has 3 nitrogen and oxygen atoms in total. The Morgan fingerprint density at radius 3 is 2.71 bits per heavy atom. The predicted octanol–water partition coefficient (Wildman–Crippen LogP) is 1.68. The highest BCUT2D eigenvalue weighted by atomic mass is 16.5. The lowest BCUT2D eigenvalue weighted by molar-refractivity contribution is 0.238. The fourth-order valence-corrected chi connectivity index (χ4v) is 1.27. The Labute approximate surface area is 85.3 Å². The molecule has 14 heavy (non-hydrogen) atoms. The zero-order valence-electron chi connectivity index (χ0n) is 9.08. The van der Waals surface area contributed by atoms with Gasteiger partial charge < -0.3 is 10.5 Å². The molecule has 0 aromatic carbocycles. The van der Waals surface area contributed by atoms with Gasteiger partial charge in [-0.1, -0.05) is 0 Å². The number of nitrogens with zero attached hydrogens (tertiary/aromatic N) is 1. The SMILES string of the molecule is Cc1ccc(OC(C)C)c(CCN)n1. The van der Waals surface area contributed by atoms with E-state index in [0.717, 1.165) is 23.6 Å². The van der Waals surface area contributed by atoms with E-state index in [1.165, 1.54) is 0 Å². The molecule has 78 valence electrons. The van der Waals surface area contributed by atoms with Gasteiger partial charge in [-0.05, 0) is 39.4 Å². The van der Waals surface area contributed by atoms with Gasteiger partial charge in [0.2, 0.25) is 0 Å². The Kier molecular flexibility index (Phi) is 3.89. The van der Waals surface area contributed by atoms with Crippen molar-refractivity contribution in [1.82, 2.24) is 4.98 Å². The molecule has 0 saturated heterocycles. The Morgan fingerprint density at radius 2 is 2.14 bits per heavy atom. The van der Waals surface area contributed by atoms with Crippen molar-refractivity contribution in [2.45, 2.75) is 33.3 Å². The van der Waals surface area contributed by atoms with Crippen LogP contribution in [0.5, 0.6) is 5.75 Å². The molecule has 0 aliphatic carbocycles. The van der Waals surface area contributed by atoms with Crippen LogP contribution in [0.1, 0.15) is 25.2 Å². The molecule has 0 bridgehead atoms. The zero-order valence-corrected chi connectivity index (χ0v) is 9.08. The molecule has 0 fully saturated rings. The van der Waals surface area contributed by atoms with Crippen molar-refractivity contribution in [2.75, 3.05) is 6.54 Å². The van der Waals surface area contributed by atoms with Gasteiger partial charge in [-0.25, -0.2) is 0 Å². The van der Waals surface area contributed by atoms with E-state index >= 15 is 0 Å². The van der Waals surface area contributed by atoms with Crippen LogP contribution in [0.4, 0.5) is 0 Å². The van der Waals surface area contributed by atoms with E-state index in [9.17, 15) is 0 Å². The standard InChI is InChI=1S/C11H18N2O/c1-8(2)14-11-5-4-9(3)13-10(11)6-7-12/h4-5,8H,6-7,12H2,1-3H3. The quantitative estimate of drug-likeness (QED) is 0.793. The third kappa shape index (κ3) is 3.00. The van der Waals surface area contributed by atoms with Crippen LogP contribution in [0.2, 0.25) is 0 Å². The highest BCUT2D eigenvalue weighted by Crippen LogP contribution is 2.18. The Balaban J connectivity index is 2.89. The highest BCUT2D eigenvalue weighted by Gasteiger charge is 2.06. The maximum atomic E-state index is 5.63. The van der Waals surface area contributed by atoms with E-state index in [1.807, 2.05) is 32.9 Å². The molecule has 1 aromatic heterocycles. The van der Waals surface area contributed by atoms with Crippen LogP contribution in [0.25, 0.3) is 0 Å². The first-order chi connectivity index (χ1) is 6.63. The van der Waals surface area contributed by atoms with Gasteiger partial charge in [0.05, 0.1) is 11.8 Å². The van der Waals surface area contributed by atoms with Gasteiger partial charge >= 0.3 is 0 Å². The summed E-state index contributed by atoms with van der Waals surface area (Å²) in [6.07, 6.45) is 0.944. The van der Waals surface area contributed by atoms with Crippen molar-refractivity contribution < 1.29 is 4.74 Å². The van der Waals surface area contributed by atoms with Gasteiger partial charge in [0.15, 0.2) is 0 Å². The summed E-state index contributed by atoms with van der Waals surface area (Å²) in [6, 6.07) is 3.92. The van der Waals surface area contributed by atoms with Gasteiger partial charge in [0.1, 0.15) is 5.75 Å². The summed E-state index contributed by atoms with van der Waals surface area (Å²) in [4.78, 5) is 4.41. The molecule has 0 amide bonds. The Hall–Kier alpha value is -1.09. The lowest BCUT2D eigenvalue weighted by atomic mass is 10.2. The van der Waals surface area contributed by atoms with Crippen LogP contribution >= 0.6 is 0 Å². The third-order valence-corrected chi connectivity index (χ3v) is 1.82. The summed E-state index contributed by atoms with van der Waals surface area (Å²) < 4.78 is 5.63. The van der Waals surface area contributed by atoms with E-state index in [1.54, 1.807) is 0 Å². The van der Waals surface area contributed by atoms with E-state index in [2.05, 4.69) is 4.98 Å². The first kappa shape index (κ1) is 11.0. The second kappa shape index (κ2) is 4.96. The van der Waals surface area contributed by atoms with E-state index in [0.29, 0.717) is 6.54 Å². The summed E-state index contributed by atoms with van der Waals surface area (Å²) in [5.74, 6) is 0.857. The summed E-state index contributed by atoms with van der Waals surface area (Å²) >= 11 is 0. The number of rotatable bonds is 4. The lowest BCUT2D eigenvalue weighted by Crippen LogP contribution is -2.11. The average molecular weight is 194 g/mol. The van der Waals surface area contributed by atoms with Crippen LogP contribution in [-0.4, -0.2) is 17.6 Å². The molecule has 0 unspecified atom stereocenters. The molecule has 0 saturated carbocycles. The topological polar surface area (TPSA) is 48.1 Å². The molecule has 1 heterocycles. The zero-order chi connectivity index (χ0) is 10.6. The van der Waals surface area contributed by atoms with Gasteiger partial charge in [-0.2, -0.15) is 0 Å². The first-order valence-corrected chi connectivity index (χ1v) is 4.96. The van der Waals surface area contributed by atoms with Gasteiger partial charge in [-0.3, -0.25) is 4.98 Å². The minimum Gasteiger partial charge on any atom is -0.489 e. The fraction of sp³-hybridized carbons (Fsp3) is 0.545. The van der Waals surface area contributed by atoms with Crippen LogP contribution in [0.15, 0.2) is 12.1 Å². The summed E-state index contributed by atoms with van der Waals surface area (Å²) in [6.45, 7) is 6.59. The largest absolute Gasteiger partial charge is 0.489 e. The maximum Gasteiger partial charge on any atom is 0.141 e. The van der Waals surface area contributed by atoms with Crippen molar-refractivity contribution in [2.24, 2.45) is 5.73 Å². The normalized spacial score (nSPS) is 10.6. The smallest absolute Gasteiger partial charge is 0.141 e. The highest BCUT2D eigenvalue weighted by molar-refractivity contribution is 5.29. The molecule has 0 radical (unpaired) electrons. The Bertz CT molecular complexity index is 297. The molecule has 2 N–H and O–H groups in total. The van der Waals surface area contributed by atoms with E-state index in [4.69, 9.17) is 10.5 Å². The second-order valence-electron chi connectivity index (χ2n) is 3.60. The van der Waals surface area contributed by atoms with E-state index in [-0.39, 0.29) is 6.10 Å². The third-order valence-electron chi connectivity index (χ3n) is 1.82. The van der Waals surface area contributed by atoms with Crippen molar-refractivity contribution in [3.05, 3.63) is 23.5 Å². The Morgan fingerprint density at radius 1 is 1.43 bits per heavy atom. The van der Waals surface area contributed by atoms with Gasteiger partial charge in [0.25, 0.3) is 0 Å². The van der Waals surface area contributed by atoms with Crippen molar-refractivity contribution in [3.63, 3.8) is 0 Å². The van der Waals surface area contributed by atoms with Crippen molar-refractivity contribution in [1.29, 1.82) is 0 Å². The minimum absolute atomic E-state index is 0.177. The van der Waals surface area contributed by atoms with Crippen LogP contribution < -0.4 is 10.5 Å². The van der Waals surface area contributed by atoms with Gasteiger partial charge in [0, 0.05) is 12.1 Å². The van der Waals surface area contributed by atoms with Crippen LogP contribution in [-0.2, 0) is 6.42 Å². The molecular formula is C11H18N2O. The van der Waals surface area contributed by atoms with Crippen LogP contribution in [0.3, 0.4) is 0 Å². The molecule has 0 atom stereocenters. The van der Waals surface area contributed by atoms with Crippen molar-refractivity contribution in [3.8, 4) is 5.75 Å². The summed E-state index contributed by atoms with van der Waals surface area (Å²) in [5.41, 5.74) is 7.48. The molecule has 0 aliphatic heterocycles. The number of aryl methyl sites for hydroxylation is 1. The van der Waals surface area contributed by atoms with Crippen molar-refractivity contribution >= 4 is 0 Å². The number of hydrogen-bond donors (Lipinski definition) is 1. The van der Waals surface area contributed by atoms with Crippen LogP contribution in [0, 0.1) is 6.92 Å². The molecule has 3 heteroatoms. The molecule has 1 aromatic rings. The number of nitrogens with two attached hydrogens (primary N) is 1.